The highest BCUT2D eigenvalue weighted by molar-refractivity contribution is 5.54. The molecule has 0 aromatic carbocycles. The van der Waals surface area contributed by atoms with E-state index in [1.165, 1.54) is 0 Å². The summed E-state index contributed by atoms with van der Waals surface area (Å²) < 4.78 is 0. The molecule has 1 atom stereocenters. The molecule has 0 aromatic heterocycles. The van der Waals surface area contributed by atoms with Crippen molar-refractivity contribution in [2.24, 2.45) is 5.73 Å². The molecule has 0 heterocycles. The van der Waals surface area contributed by atoms with Gasteiger partial charge in [0, 0.05) is 12.0 Å². The Labute approximate surface area is 60.4 Å². The zero-order valence-electron chi connectivity index (χ0n) is 5.71. The molecule has 2 N–H and O–H groups in total. The molecule has 1 radical (unpaired) electrons. The van der Waals surface area contributed by atoms with Crippen LogP contribution in [0.4, 0.5) is 0 Å². The van der Waals surface area contributed by atoms with Crippen molar-refractivity contribution in [2.45, 2.75) is 18.4 Å². The van der Waals surface area contributed by atoms with Gasteiger partial charge in [-0.15, -0.1) is 0 Å². The van der Waals surface area contributed by atoms with E-state index >= 15 is 0 Å². The number of carbonyl (C=O) groups excluding carboxylic acids is 1. The molecule has 0 amide bonds. The smallest absolute Gasteiger partial charge is 0.200 e. The third-order valence-electron chi connectivity index (χ3n) is 1.57. The maximum Gasteiger partial charge on any atom is 0.200 e. The predicted octanol–water partition coefficient (Wildman–Crippen LogP) is 0.700. The SMILES string of the molecule is NC1(C[C]=O)C=CC=CC1. The number of nitrogens with two attached hydrogens (primary N) is 1. The Balaban J connectivity index is 2.60. The lowest BCUT2D eigenvalue weighted by Gasteiger charge is -2.22. The first-order chi connectivity index (χ1) is 4.77. The van der Waals surface area contributed by atoms with Crippen molar-refractivity contribution in [1.82, 2.24) is 0 Å². The highest BCUT2D eigenvalue weighted by Gasteiger charge is 2.20. The summed E-state index contributed by atoms with van der Waals surface area (Å²) in [6.07, 6.45) is 10.4. The van der Waals surface area contributed by atoms with Crippen LogP contribution in [-0.2, 0) is 4.79 Å². The third kappa shape index (κ3) is 1.54. The second-order valence-electron chi connectivity index (χ2n) is 2.55. The maximum atomic E-state index is 10.0. The lowest BCUT2D eigenvalue weighted by molar-refractivity contribution is 0.503. The average molecular weight is 136 g/mol. The molecular formula is C8H10NO. The molecule has 0 spiro atoms. The van der Waals surface area contributed by atoms with Gasteiger partial charge in [-0.2, -0.15) is 0 Å². The number of hydrogen-bond acceptors (Lipinski definition) is 2. The van der Waals surface area contributed by atoms with Crippen molar-refractivity contribution in [2.75, 3.05) is 0 Å². The zero-order chi connectivity index (χ0) is 7.45. The van der Waals surface area contributed by atoms with Crippen molar-refractivity contribution in [3.63, 3.8) is 0 Å². The molecule has 0 saturated heterocycles. The van der Waals surface area contributed by atoms with E-state index in [9.17, 15) is 4.79 Å². The van der Waals surface area contributed by atoms with Gasteiger partial charge in [-0.05, 0) is 6.42 Å². The molecule has 53 valence electrons. The minimum atomic E-state index is -0.462. The van der Waals surface area contributed by atoms with Gasteiger partial charge in [-0.25, -0.2) is 0 Å². The molecule has 10 heavy (non-hydrogen) atoms. The van der Waals surface area contributed by atoms with Gasteiger partial charge in [0.25, 0.3) is 0 Å². The normalized spacial score (nSPS) is 30.5. The van der Waals surface area contributed by atoms with Crippen LogP contribution in [0.1, 0.15) is 12.8 Å². The zero-order valence-corrected chi connectivity index (χ0v) is 5.71. The minimum absolute atomic E-state index is 0.286. The fourth-order valence-electron chi connectivity index (χ4n) is 0.947. The van der Waals surface area contributed by atoms with Gasteiger partial charge in [0.2, 0.25) is 6.29 Å². The summed E-state index contributed by atoms with van der Waals surface area (Å²) in [5, 5.41) is 0. The number of rotatable bonds is 2. The Morgan fingerprint density at radius 2 is 2.40 bits per heavy atom. The van der Waals surface area contributed by atoms with Crippen molar-refractivity contribution < 1.29 is 4.79 Å². The second-order valence-corrected chi connectivity index (χ2v) is 2.55. The van der Waals surface area contributed by atoms with Gasteiger partial charge in [0.1, 0.15) is 0 Å². The molecule has 1 unspecified atom stereocenters. The van der Waals surface area contributed by atoms with E-state index < -0.39 is 5.54 Å². The van der Waals surface area contributed by atoms with Crippen molar-refractivity contribution in [3.05, 3.63) is 24.3 Å². The van der Waals surface area contributed by atoms with E-state index in [1.807, 2.05) is 30.6 Å². The van der Waals surface area contributed by atoms with Crippen LogP contribution in [0, 0.1) is 0 Å². The molecule has 2 heteroatoms. The van der Waals surface area contributed by atoms with Crippen LogP contribution in [0.15, 0.2) is 24.3 Å². The largest absolute Gasteiger partial charge is 0.321 e. The summed E-state index contributed by atoms with van der Waals surface area (Å²) in [5.74, 6) is 0. The van der Waals surface area contributed by atoms with Crippen molar-refractivity contribution in [3.8, 4) is 0 Å². The lowest BCUT2D eigenvalue weighted by atomic mass is 9.90. The number of hydrogen-bond donors (Lipinski definition) is 1. The molecule has 0 bridgehead atoms. The minimum Gasteiger partial charge on any atom is -0.321 e. The van der Waals surface area contributed by atoms with Crippen LogP contribution < -0.4 is 5.73 Å². The Bertz CT molecular complexity index is 180. The molecular weight excluding hydrogens is 126 g/mol. The maximum absolute atomic E-state index is 10.0. The van der Waals surface area contributed by atoms with Gasteiger partial charge in [0.05, 0.1) is 0 Å². The molecule has 1 rings (SSSR count). The van der Waals surface area contributed by atoms with E-state index in [4.69, 9.17) is 5.73 Å². The van der Waals surface area contributed by atoms with Gasteiger partial charge < -0.3 is 5.73 Å². The third-order valence-corrected chi connectivity index (χ3v) is 1.57. The number of allylic oxidation sites excluding steroid dienone is 2. The summed E-state index contributed by atoms with van der Waals surface area (Å²) in [6.45, 7) is 0. The molecule has 2 nitrogen and oxygen atoms in total. The average Bonchev–Trinajstić information content (AvgIpc) is 1.89. The molecule has 1 aliphatic carbocycles. The van der Waals surface area contributed by atoms with E-state index in [-0.39, 0.29) is 6.42 Å². The summed E-state index contributed by atoms with van der Waals surface area (Å²) in [6, 6.07) is 0. The standard InChI is InChI=1S/C8H10NO/c9-8(6-7-10)4-2-1-3-5-8/h1-4H,5-6,9H2. The van der Waals surface area contributed by atoms with Gasteiger partial charge in [-0.1, -0.05) is 24.3 Å². The van der Waals surface area contributed by atoms with Crippen LogP contribution in [0.25, 0.3) is 0 Å². The summed E-state index contributed by atoms with van der Waals surface area (Å²) in [5.41, 5.74) is 5.31. The monoisotopic (exact) mass is 136 g/mol. The first-order valence-electron chi connectivity index (χ1n) is 3.25. The lowest BCUT2D eigenvalue weighted by Crippen LogP contribution is -2.38. The van der Waals surface area contributed by atoms with Gasteiger partial charge in [-0.3, -0.25) is 4.79 Å². The predicted molar refractivity (Wildman–Crippen MR) is 40.1 cm³/mol. The summed E-state index contributed by atoms with van der Waals surface area (Å²) >= 11 is 0. The molecule has 0 fully saturated rings. The van der Waals surface area contributed by atoms with E-state index in [1.54, 1.807) is 0 Å². The highest BCUT2D eigenvalue weighted by atomic mass is 16.1. The highest BCUT2D eigenvalue weighted by Crippen LogP contribution is 2.16. The first kappa shape index (κ1) is 7.22. The molecule has 0 saturated carbocycles. The van der Waals surface area contributed by atoms with Crippen LogP contribution in [0.2, 0.25) is 0 Å². The fourth-order valence-corrected chi connectivity index (χ4v) is 0.947. The topological polar surface area (TPSA) is 43.1 Å². The van der Waals surface area contributed by atoms with Crippen molar-refractivity contribution in [1.29, 1.82) is 0 Å². The Kier molecular flexibility index (Phi) is 2.02. The van der Waals surface area contributed by atoms with Crippen LogP contribution >= 0.6 is 0 Å². The quantitative estimate of drug-likeness (QED) is 0.607. The van der Waals surface area contributed by atoms with E-state index in [0.717, 1.165) is 6.42 Å². The fraction of sp³-hybridized carbons (Fsp3) is 0.375. The molecule has 0 aliphatic heterocycles. The molecule has 1 aliphatic rings. The van der Waals surface area contributed by atoms with Gasteiger partial charge in [0.15, 0.2) is 0 Å². The van der Waals surface area contributed by atoms with Crippen molar-refractivity contribution >= 4 is 6.29 Å². The van der Waals surface area contributed by atoms with Gasteiger partial charge >= 0.3 is 0 Å². The Hall–Kier alpha value is -0.890. The second kappa shape index (κ2) is 2.80. The van der Waals surface area contributed by atoms with E-state index in [2.05, 4.69) is 0 Å². The Morgan fingerprint density at radius 3 is 2.90 bits per heavy atom. The Morgan fingerprint density at radius 1 is 1.60 bits per heavy atom. The summed E-state index contributed by atoms with van der Waals surface area (Å²) in [4.78, 5) is 10.0. The van der Waals surface area contributed by atoms with Crippen LogP contribution in [0.5, 0.6) is 0 Å². The summed E-state index contributed by atoms with van der Waals surface area (Å²) in [7, 11) is 0. The van der Waals surface area contributed by atoms with Crippen LogP contribution in [0.3, 0.4) is 0 Å². The molecule has 0 aromatic rings. The van der Waals surface area contributed by atoms with E-state index in [0.29, 0.717) is 0 Å². The van der Waals surface area contributed by atoms with Crippen LogP contribution in [-0.4, -0.2) is 11.8 Å². The first-order valence-corrected chi connectivity index (χ1v) is 3.25.